The van der Waals surface area contributed by atoms with E-state index in [1.54, 1.807) is 7.11 Å². The summed E-state index contributed by atoms with van der Waals surface area (Å²) in [7, 11) is 1.70. The topological polar surface area (TPSA) is 35.2 Å². The van der Waals surface area contributed by atoms with Crippen molar-refractivity contribution in [2.24, 2.45) is 5.73 Å². The maximum atomic E-state index is 6.04. The molecule has 82 valence electrons. The van der Waals surface area contributed by atoms with E-state index in [1.165, 1.54) is 24.8 Å². The fourth-order valence-electron chi connectivity index (χ4n) is 3.12. The second-order valence-electron chi connectivity index (χ2n) is 4.90. The third-order valence-electron chi connectivity index (χ3n) is 3.77. The van der Waals surface area contributed by atoms with Crippen molar-refractivity contribution in [2.45, 2.75) is 30.2 Å². The Balaban J connectivity index is 0.000000853. The first-order valence-electron chi connectivity index (χ1n) is 5.09. The van der Waals surface area contributed by atoms with E-state index < -0.39 is 0 Å². The average Bonchev–Trinajstić information content (AvgIpc) is 2.12. The van der Waals surface area contributed by atoms with Crippen LogP contribution in [0.5, 0.6) is 5.75 Å². The number of hydrogen-bond acceptors (Lipinski definition) is 2. The van der Waals surface area contributed by atoms with Crippen molar-refractivity contribution in [3.05, 3.63) is 29.8 Å². The summed E-state index contributed by atoms with van der Waals surface area (Å²) >= 11 is 0. The van der Waals surface area contributed by atoms with E-state index in [4.69, 9.17) is 10.5 Å². The fraction of sp³-hybridized carbons (Fsp3) is 0.500. The van der Waals surface area contributed by atoms with Crippen molar-refractivity contribution in [3.63, 3.8) is 0 Å². The van der Waals surface area contributed by atoms with Gasteiger partial charge in [0.05, 0.1) is 7.11 Å². The molecule has 3 aliphatic rings. The van der Waals surface area contributed by atoms with Gasteiger partial charge in [-0.15, -0.1) is 12.4 Å². The maximum Gasteiger partial charge on any atom is 0.118 e. The first-order valence-corrected chi connectivity index (χ1v) is 5.09. The van der Waals surface area contributed by atoms with E-state index in [1.807, 2.05) is 12.1 Å². The number of benzene rings is 1. The third kappa shape index (κ3) is 1.35. The molecule has 2 bridgehead atoms. The summed E-state index contributed by atoms with van der Waals surface area (Å²) in [6.45, 7) is 0. The highest BCUT2D eigenvalue weighted by molar-refractivity contribution is 5.85. The zero-order chi connectivity index (χ0) is 9.81. The van der Waals surface area contributed by atoms with Gasteiger partial charge >= 0.3 is 0 Å². The third-order valence-corrected chi connectivity index (χ3v) is 3.77. The molecule has 2 nitrogen and oxygen atoms in total. The molecule has 3 fully saturated rings. The van der Waals surface area contributed by atoms with Gasteiger partial charge in [-0.2, -0.15) is 0 Å². The Hall–Kier alpha value is -0.730. The molecule has 0 radical (unpaired) electrons. The second kappa shape index (κ2) is 3.13. The number of hydrogen-bond donors (Lipinski definition) is 1. The standard InChI is InChI=1S/C12H15NO.ClH/c1-14-10-4-2-9(3-5-10)11-6-12(13,7-11)8-11;/h2-5H,6-8,13H2,1H3;1H. The molecule has 0 aromatic heterocycles. The van der Waals surface area contributed by atoms with E-state index in [-0.39, 0.29) is 17.9 Å². The minimum Gasteiger partial charge on any atom is -0.497 e. The predicted octanol–water partition coefficient (Wildman–Crippen LogP) is 2.25. The quantitative estimate of drug-likeness (QED) is 0.838. The molecule has 0 aliphatic heterocycles. The smallest absolute Gasteiger partial charge is 0.118 e. The molecule has 0 unspecified atom stereocenters. The average molecular weight is 226 g/mol. The van der Waals surface area contributed by atoms with Crippen LogP contribution in [-0.4, -0.2) is 12.6 Å². The van der Waals surface area contributed by atoms with Crippen molar-refractivity contribution in [2.75, 3.05) is 7.11 Å². The van der Waals surface area contributed by atoms with Crippen molar-refractivity contribution >= 4 is 12.4 Å². The maximum absolute atomic E-state index is 6.04. The van der Waals surface area contributed by atoms with Crippen LogP contribution in [0.4, 0.5) is 0 Å². The largest absolute Gasteiger partial charge is 0.497 e. The van der Waals surface area contributed by atoms with E-state index in [2.05, 4.69) is 12.1 Å². The fourth-order valence-corrected chi connectivity index (χ4v) is 3.12. The second-order valence-corrected chi connectivity index (χ2v) is 4.90. The van der Waals surface area contributed by atoms with Gasteiger partial charge in [-0.1, -0.05) is 12.1 Å². The number of halogens is 1. The SMILES string of the molecule is COc1ccc(C23CC(N)(C2)C3)cc1.Cl. The van der Waals surface area contributed by atoms with Crippen LogP contribution in [0.1, 0.15) is 24.8 Å². The van der Waals surface area contributed by atoms with Gasteiger partial charge in [-0.25, -0.2) is 0 Å². The van der Waals surface area contributed by atoms with Crippen LogP contribution in [0, 0.1) is 0 Å². The van der Waals surface area contributed by atoms with E-state index >= 15 is 0 Å². The van der Waals surface area contributed by atoms with E-state index in [0.29, 0.717) is 5.41 Å². The van der Waals surface area contributed by atoms with Gasteiger partial charge in [-0.3, -0.25) is 0 Å². The molecule has 1 aromatic carbocycles. The lowest BCUT2D eigenvalue weighted by Gasteiger charge is -2.69. The van der Waals surface area contributed by atoms with Crippen LogP contribution in [0.25, 0.3) is 0 Å². The van der Waals surface area contributed by atoms with Crippen molar-refractivity contribution in [1.29, 1.82) is 0 Å². The van der Waals surface area contributed by atoms with Crippen molar-refractivity contribution < 1.29 is 4.74 Å². The Kier molecular flexibility index (Phi) is 2.25. The molecular weight excluding hydrogens is 210 g/mol. The van der Waals surface area contributed by atoms with Gasteiger partial charge in [-0.05, 0) is 37.0 Å². The number of ether oxygens (including phenoxy) is 1. The molecular formula is C12H16ClNO. The minimum atomic E-state index is 0. The van der Waals surface area contributed by atoms with Crippen LogP contribution in [0.15, 0.2) is 24.3 Å². The molecule has 0 heterocycles. The zero-order valence-electron chi connectivity index (χ0n) is 8.82. The number of rotatable bonds is 2. The summed E-state index contributed by atoms with van der Waals surface area (Å²) in [6.07, 6.45) is 3.52. The van der Waals surface area contributed by atoms with Gasteiger partial charge < -0.3 is 10.5 Å². The molecule has 0 atom stereocenters. The molecule has 2 N–H and O–H groups in total. The van der Waals surface area contributed by atoms with Crippen molar-refractivity contribution in [1.82, 2.24) is 0 Å². The van der Waals surface area contributed by atoms with Crippen molar-refractivity contribution in [3.8, 4) is 5.75 Å². The van der Waals surface area contributed by atoms with Gasteiger partial charge in [0.2, 0.25) is 0 Å². The Labute approximate surface area is 96.2 Å². The van der Waals surface area contributed by atoms with Crippen LogP contribution < -0.4 is 10.5 Å². The molecule has 3 aliphatic carbocycles. The lowest BCUT2D eigenvalue weighted by atomic mass is 9.38. The van der Waals surface area contributed by atoms with Gasteiger partial charge in [0.25, 0.3) is 0 Å². The first kappa shape index (κ1) is 10.8. The minimum absolute atomic E-state index is 0. The van der Waals surface area contributed by atoms with Gasteiger partial charge in [0, 0.05) is 11.0 Å². The summed E-state index contributed by atoms with van der Waals surface area (Å²) in [4.78, 5) is 0. The van der Waals surface area contributed by atoms with Gasteiger partial charge in [0.1, 0.15) is 5.75 Å². The molecule has 15 heavy (non-hydrogen) atoms. The zero-order valence-corrected chi connectivity index (χ0v) is 9.64. The molecule has 3 saturated carbocycles. The normalized spacial score (nSPS) is 35.9. The van der Waals surface area contributed by atoms with Crippen LogP contribution in [0.2, 0.25) is 0 Å². The lowest BCUT2D eigenvalue weighted by Crippen LogP contribution is -2.74. The summed E-state index contributed by atoms with van der Waals surface area (Å²) in [5, 5.41) is 0. The number of methoxy groups -OCH3 is 1. The Bertz CT molecular complexity index is 354. The van der Waals surface area contributed by atoms with Crippen LogP contribution >= 0.6 is 12.4 Å². The van der Waals surface area contributed by atoms with Crippen LogP contribution in [-0.2, 0) is 5.41 Å². The highest BCUT2D eigenvalue weighted by atomic mass is 35.5. The van der Waals surface area contributed by atoms with Crippen LogP contribution in [0.3, 0.4) is 0 Å². The number of nitrogens with two attached hydrogens (primary N) is 1. The Morgan fingerprint density at radius 3 is 2.07 bits per heavy atom. The van der Waals surface area contributed by atoms with E-state index in [9.17, 15) is 0 Å². The van der Waals surface area contributed by atoms with E-state index in [0.717, 1.165) is 5.75 Å². The molecule has 3 heteroatoms. The highest BCUT2D eigenvalue weighted by Gasteiger charge is 2.66. The predicted molar refractivity (Wildman–Crippen MR) is 62.7 cm³/mol. The summed E-state index contributed by atoms with van der Waals surface area (Å²) in [5.41, 5.74) is 8.10. The van der Waals surface area contributed by atoms with Gasteiger partial charge in [0.15, 0.2) is 0 Å². The molecule has 1 aromatic rings. The molecule has 0 amide bonds. The lowest BCUT2D eigenvalue weighted by molar-refractivity contribution is -0.0590. The summed E-state index contributed by atoms with van der Waals surface area (Å²) < 4.78 is 5.14. The monoisotopic (exact) mass is 225 g/mol. The first-order chi connectivity index (χ1) is 6.66. The Morgan fingerprint density at radius 1 is 1.13 bits per heavy atom. The molecule has 0 saturated heterocycles. The summed E-state index contributed by atoms with van der Waals surface area (Å²) in [5.74, 6) is 0.933. The highest BCUT2D eigenvalue weighted by Crippen LogP contribution is 2.66. The summed E-state index contributed by atoms with van der Waals surface area (Å²) in [6, 6.07) is 8.44. The Morgan fingerprint density at radius 2 is 1.67 bits per heavy atom. The molecule has 0 spiro atoms. The molecule has 4 rings (SSSR count).